The Kier molecular flexibility index (Phi) is 4.44. The van der Waals surface area contributed by atoms with Crippen molar-refractivity contribution in [1.82, 2.24) is 10.2 Å². The van der Waals surface area contributed by atoms with Gasteiger partial charge in [0.25, 0.3) is 0 Å². The second kappa shape index (κ2) is 7.04. The fraction of sp³-hybridized carbons (Fsp3) is 0.238. The summed E-state index contributed by atoms with van der Waals surface area (Å²) in [4.78, 5) is 11.7. The molecule has 0 aliphatic heterocycles. The van der Waals surface area contributed by atoms with Crippen molar-refractivity contribution in [1.29, 1.82) is 0 Å². The number of carbonyl (C=O) groups is 1. The number of rotatable bonds is 5. The van der Waals surface area contributed by atoms with Crippen molar-refractivity contribution in [3.05, 3.63) is 71.4 Å². The van der Waals surface area contributed by atoms with Gasteiger partial charge in [-0.05, 0) is 48.4 Å². The van der Waals surface area contributed by atoms with E-state index >= 15 is 0 Å². The van der Waals surface area contributed by atoms with Gasteiger partial charge in [-0.2, -0.15) is 5.10 Å². The Balaban J connectivity index is 1.42. The van der Waals surface area contributed by atoms with Gasteiger partial charge < -0.3 is 9.47 Å². The molecule has 0 fully saturated rings. The predicted molar refractivity (Wildman–Crippen MR) is 98.2 cm³/mol. The van der Waals surface area contributed by atoms with Crippen LogP contribution >= 0.6 is 0 Å². The number of fused-ring (bicyclic) bond motifs is 1. The van der Waals surface area contributed by atoms with E-state index in [0.29, 0.717) is 18.0 Å². The SMILES string of the molecule is CCOC(=O)c1cc(-c2ccc(OC3Cc4ccccc4C3)cc2)n[nH]1. The summed E-state index contributed by atoms with van der Waals surface area (Å²) < 4.78 is 11.1. The molecule has 0 atom stereocenters. The van der Waals surface area contributed by atoms with Gasteiger partial charge in [-0.15, -0.1) is 0 Å². The van der Waals surface area contributed by atoms with Crippen LogP contribution in [-0.2, 0) is 17.6 Å². The molecule has 0 bridgehead atoms. The Morgan fingerprint density at radius 1 is 1.12 bits per heavy atom. The van der Waals surface area contributed by atoms with Gasteiger partial charge in [0, 0.05) is 18.4 Å². The lowest BCUT2D eigenvalue weighted by Crippen LogP contribution is -2.16. The summed E-state index contributed by atoms with van der Waals surface area (Å²) in [5, 5.41) is 6.90. The predicted octanol–water partition coefficient (Wildman–Crippen LogP) is 3.80. The minimum absolute atomic E-state index is 0.180. The molecular weight excluding hydrogens is 328 g/mol. The Labute approximate surface area is 152 Å². The number of aromatic nitrogens is 2. The lowest BCUT2D eigenvalue weighted by molar-refractivity contribution is 0.0519. The molecule has 0 unspecified atom stereocenters. The third-order valence-corrected chi connectivity index (χ3v) is 4.54. The smallest absolute Gasteiger partial charge is 0.356 e. The molecule has 1 aliphatic carbocycles. The molecule has 0 radical (unpaired) electrons. The lowest BCUT2D eigenvalue weighted by Gasteiger charge is -2.13. The van der Waals surface area contributed by atoms with Crippen molar-refractivity contribution in [2.24, 2.45) is 0 Å². The van der Waals surface area contributed by atoms with Gasteiger partial charge in [0.15, 0.2) is 0 Å². The van der Waals surface area contributed by atoms with Crippen molar-refractivity contribution in [2.45, 2.75) is 25.9 Å². The van der Waals surface area contributed by atoms with Crippen LogP contribution in [0.2, 0.25) is 0 Å². The largest absolute Gasteiger partial charge is 0.490 e. The Hall–Kier alpha value is -3.08. The highest BCUT2D eigenvalue weighted by Crippen LogP contribution is 2.27. The van der Waals surface area contributed by atoms with E-state index in [1.807, 2.05) is 24.3 Å². The van der Waals surface area contributed by atoms with Crippen LogP contribution < -0.4 is 4.74 Å². The molecule has 1 aliphatic rings. The monoisotopic (exact) mass is 348 g/mol. The fourth-order valence-electron chi connectivity index (χ4n) is 3.28. The van der Waals surface area contributed by atoms with Crippen molar-refractivity contribution in [3.8, 4) is 17.0 Å². The van der Waals surface area contributed by atoms with Crippen LogP contribution in [0.5, 0.6) is 5.75 Å². The number of ether oxygens (including phenoxy) is 2. The maximum atomic E-state index is 11.7. The molecule has 0 saturated carbocycles. The first-order chi connectivity index (χ1) is 12.7. The zero-order valence-corrected chi connectivity index (χ0v) is 14.6. The molecule has 5 heteroatoms. The van der Waals surface area contributed by atoms with Crippen molar-refractivity contribution >= 4 is 5.97 Å². The molecule has 0 saturated heterocycles. The average Bonchev–Trinajstić information content (AvgIpc) is 3.29. The van der Waals surface area contributed by atoms with E-state index in [2.05, 4.69) is 34.5 Å². The zero-order chi connectivity index (χ0) is 17.9. The molecule has 2 aromatic carbocycles. The van der Waals surface area contributed by atoms with E-state index in [-0.39, 0.29) is 6.10 Å². The minimum atomic E-state index is -0.396. The highest BCUT2D eigenvalue weighted by molar-refractivity contribution is 5.88. The summed E-state index contributed by atoms with van der Waals surface area (Å²) in [6.07, 6.45) is 2.07. The second-order valence-electron chi connectivity index (χ2n) is 6.33. The standard InChI is InChI=1S/C21H20N2O3/c1-2-25-21(24)20-13-19(22-23-20)14-7-9-17(10-8-14)26-18-11-15-5-3-4-6-16(15)12-18/h3-10,13,18H,2,11-12H2,1H3,(H,22,23). The highest BCUT2D eigenvalue weighted by Gasteiger charge is 2.22. The van der Waals surface area contributed by atoms with E-state index in [4.69, 9.17) is 9.47 Å². The van der Waals surface area contributed by atoms with Crippen molar-refractivity contribution < 1.29 is 14.3 Å². The van der Waals surface area contributed by atoms with Gasteiger partial charge in [-0.1, -0.05) is 24.3 Å². The van der Waals surface area contributed by atoms with Crippen molar-refractivity contribution in [2.75, 3.05) is 6.61 Å². The molecule has 26 heavy (non-hydrogen) atoms. The van der Waals surface area contributed by atoms with Gasteiger partial charge in [0.1, 0.15) is 17.5 Å². The number of esters is 1. The topological polar surface area (TPSA) is 64.2 Å². The van der Waals surface area contributed by atoms with E-state index in [1.54, 1.807) is 13.0 Å². The summed E-state index contributed by atoms with van der Waals surface area (Å²) in [7, 11) is 0. The average molecular weight is 348 g/mol. The molecule has 132 valence electrons. The van der Waals surface area contributed by atoms with Gasteiger partial charge in [0.05, 0.1) is 12.3 Å². The molecule has 0 spiro atoms. The maximum Gasteiger partial charge on any atom is 0.356 e. The fourth-order valence-corrected chi connectivity index (χ4v) is 3.28. The normalized spacial score (nSPS) is 13.4. The number of benzene rings is 2. The van der Waals surface area contributed by atoms with Crippen LogP contribution in [0.15, 0.2) is 54.6 Å². The second-order valence-corrected chi connectivity index (χ2v) is 6.33. The third-order valence-electron chi connectivity index (χ3n) is 4.54. The minimum Gasteiger partial charge on any atom is -0.490 e. The summed E-state index contributed by atoms with van der Waals surface area (Å²) in [6.45, 7) is 2.11. The quantitative estimate of drug-likeness (QED) is 0.712. The van der Waals surface area contributed by atoms with Crippen LogP contribution in [0.25, 0.3) is 11.3 Å². The number of hydrogen-bond donors (Lipinski definition) is 1. The van der Waals surface area contributed by atoms with Crippen LogP contribution in [0, 0.1) is 0 Å². The number of nitrogens with zero attached hydrogens (tertiary/aromatic N) is 1. The molecule has 0 amide bonds. The van der Waals surface area contributed by atoms with Crippen LogP contribution in [-0.4, -0.2) is 28.9 Å². The molecule has 1 heterocycles. The summed E-state index contributed by atoms with van der Waals surface area (Å²) in [5.74, 6) is 0.444. The number of hydrogen-bond acceptors (Lipinski definition) is 4. The van der Waals surface area contributed by atoms with Gasteiger partial charge in [-0.25, -0.2) is 4.79 Å². The maximum absolute atomic E-state index is 11.7. The zero-order valence-electron chi connectivity index (χ0n) is 14.6. The molecule has 1 aromatic heterocycles. The van der Waals surface area contributed by atoms with Gasteiger partial charge >= 0.3 is 5.97 Å². The van der Waals surface area contributed by atoms with Crippen molar-refractivity contribution in [3.63, 3.8) is 0 Å². The number of nitrogens with one attached hydrogen (secondary N) is 1. The summed E-state index contributed by atoms with van der Waals surface area (Å²) >= 11 is 0. The molecule has 1 N–H and O–H groups in total. The number of aromatic amines is 1. The van der Waals surface area contributed by atoms with Crippen LogP contribution in [0.1, 0.15) is 28.5 Å². The van der Waals surface area contributed by atoms with Gasteiger partial charge in [0.2, 0.25) is 0 Å². The Morgan fingerprint density at radius 3 is 2.46 bits per heavy atom. The van der Waals surface area contributed by atoms with E-state index in [1.165, 1.54) is 11.1 Å². The number of carbonyl (C=O) groups excluding carboxylic acids is 1. The number of H-pyrrole nitrogens is 1. The molecule has 3 aromatic rings. The first-order valence-electron chi connectivity index (χ1n) is 8.79. The summed E-state index contributed by atoms with van der Waals surface area (Å²) in [5.41, 5.74) is 4.71. The summed E-state index contributed by atoms with van der Waals surface area (Å²) in [6, 6.07) is 18.0. The van der Waals surface area contributed by atoms with E-state index < -0.39 is 5.97 Å². The lowest BCUT2D eigenvalue weighted by atomic mass is 10.1. The molecule has 5 nitrogen and oxygen atoms in total. The molecule has 4 rings (SSSR count). The van der Waals surface area contributed by atoms with Crippen LogP contribution in [0.4, 0.5) is 0 Å². The van der Waals surface area contributed by atoms with E-state index in [9.17, 15) is 4.79 Å². The van der Waals surface area contributed by atoms with Crippen LogP contribution in [0.3, 0.4) is 0 Å². The van der Waals surface area contributed by atoms with E-state index in [0.717, 1.165) is 24.2 Å². The first-order valence-corrected chi connectivity index (χ1v) is 8.79. The first kappa shape index (κ1) is 16.4. The Bertz CT molecular complexity index is 890. The Morgan fingerprint density at radius 2 is 1.81 bits per heavy atom. The highest BCUT2D eigenvalue weighted by atomic mass is 16.5. The molecular formula is C21H20N2O3. The van der Waals surface area contributed by atoms with Gasteiger partial charge in [-0.3, -0.25) is 5.10 Å². The third kappa shape index (κ3) is 3.33.